The summed E-state index contributed by atoms with van der Waals surface area (Å²) < 4.78 is 0. The first-order valence-corrected chi connectivity index (χ1v) is 4.46. The van der Waals surface area contributed by atoms with E-state index in [1.165, 1.54) is 0 Å². The van der Waals surface area contributed by atoms with Crippen molar-refractivity contribution in [2.24, 2.45) is 0 Å². The molecule has 0 spiro atoms. The molecule has 13 heavy (non-hydrogen) atoms. The molecule has 1 fully saturated rings. The SMILES string of the molecule is CC(C)NC(=O)N1CCNCC1.Cl. The van der Waals surface area contributed by atoms with Gasteiger partial charge in [0.1, 0.15) is 0 Å². The predicted molar refractivity (Wildman–Crippen MR) is 55.4 cm³/mol. The Bertz CT molecular complexity index is 157. The molecule has 0 aromatic rings. The van der Waals surface area contributed by atoms with E-state index in [0.29, 0.717) is 0 Å². The van der Waals surface area contributed by atoms with Gasteiger partial charge in [-0.2, -0.15) is 0 Å². The Balaban J connectivity index is 0.00000144. The van der Waals surface area contributed by atoms with Crippen LogP contribution in [0.5, 0.6) is 0 Å². The zero-order valence-corrected chi connectivity index (χ0v) is 8.99. The minimum atomic E-state index is 0. The first-order valence-electron chi connectivity index (χ1n) is 4.46. The molecule has 1 rings (SSSR count). The zero-order valence-electron chi connectivity index (χ0n) is 8.17. The summed E-state index contributed by atoms with van der Waals surface area (Å²) in [4.78, 5) is 13.2. The molecule has 78 valence electrons. The summed E-state index contributed by atoms with van der Waals surface area (Å²) in [5.41, 5.74) is 0. The highest BCUT2D eigenvalue weighted by Crippen LogP contribution is 1.93. The molecule has 0 saturated carbocycles. The number of carbonyl (C=O) groups excluding carboxylic acids is 1. The molecule has 2 amide bonds. The maximum absolute atomic E-state index is 11.4. The molecule has 0 bridgehead atoms. The number of amides is 2. The summed E-state index contributed by atoms with van der Waals surface area (Å²) in [6.45, 7) is 7.40. The van der Waals surface area contributed by atoms with Gasteiger partial charge < -0.3 is 15.5 Å². The summed E-state index contributed by atoms with van der Waals surface area (Å²) in [6, 6.07) is 0.291. The fourth-order valence-electron chi connectivity index (χ4n) is 1.21. The smallest absolute Gasteiger partial charge is 0.317 e. The molecule has 1 saturated heterocycles. The van der Waals surface area contributed by atoms with Crippen LogP contribution in [0.25, 0.3) is 0 Å². The second kappa shape index (κ2) is 6.05. The topological polar surface area (TPSA) is 44.4 Å². The molecule has 2 N–H and O–H groups in total. The van der Waals surface area contributed by atoms with Crippen molar-refractivity contribution < 1.29 is 4.79 Å². The lowest BCUT2D eigenvalue weighted by Crippen LogP contribution is -2.51. The number of hydrogen-bond acceptors (Lipinski definition) is 2. The van der Waals surface area contributed by atoms with Gasteiger partial charge in [-0.15, -0.1) is 12.4 Å². The third kappa shape index (κ3) is 4.33. The van der Waals surface area contributed by atoms with Gasteiger partial charge in [0, 0.05) is 32.2 Å². The van der Waals surface area contributed by atoms with Crippen LogP contribution in [0, 0.1) is 0 Å². The number of rotatable bonds is 1. The van der Waals surface area contributed by atoms with Crippen molar-refractivity contribution in [3.8, 4) is 0 Å². The van der Waals surface area contributed by atoms with Crippen molar-refractivity contribution in [1.29, 1.82) is 0 Å². The molecule has 0 atom stereocenters. The summed E-state index contributed by atoms with van der Waals surface area (Å²) in [5.74, 6) is 0. The molecule has 0 unspecified atom stereocenters. The fourth-order valence-corrected chi connectivity index (χ4v) is 1.21. The van der Waals surface area contributed by atoms with Gasteiger partial charge >= 0.3 is 6.03 Å². The van der Waals surface area contributed by atoms with E-state index in [2.05, 4.69) is 10.6 Å². The van der Waals surface area contributed by atoms with E-state index in [4.69, 9.17) is 0 Å². The van der Waals surface area contributed by atoms with Gasteiger partial charge in [0.2, 0.25) is 0 Å². The summed E-state index contributed by atoms with van der Waals surface area (Å²) in [7, 11) is 0. The Labute approximate surface area is 85.5 Å². The Morgan fingerprint density at radius 2 is 1.92 bits per heavy atom. The molecule has 1 aliphatic heterocycles. The van der Waals surface area contributed by atoms with Gasteiger partial charge in [0.25, 0.3) is 0 Å². The van der Waals surface area contributed by atoms with Crippen LogP contribution in [0.3, 0.4) is 0 Å². The first-order chi connectivity index (χ1) is 5.70. The average molecular weight is 208 g/mol. The highest BCUT2D eigenvalue weighted by molar-refractivity contribution is 5.85. The maximum atomic E-state index is 11.4. The van der Waals surface area contributed by atoms with Crippen LogP contribution in [0.1, 0.15) is 13.8 Å². The molecule has 4 nitrogen and oxygen atoms in total. The van der Waals surface area contributed by atoms with Gasteiger partial charge in [-0.25, -0.2) is 4.79 Å². The summed E-state index contributed by atoms with van der Waals surface area (Å²) in [5, 5.41) is 6.07. The molecule has 1 aliphatic rings. The van der Waals surface area contributed by atoms with Crippen molar-refractivity contribution in [1.82, 2.24) is 15.5 Å². The van der Waals surface area contributed by atoms with E-state index in [1.54, 1.807) is 0 Å². The number of urea groups is 1. The van der Waals surface area contributed by atoms with Crippen molar-refractivity contribution in [2.45, 2.75) is 19.9 Å². The molecular weight excluding hydrogens is 190 g/mol. The van der Waals surface area contributed by atoms with E-state index >= 15 is 0 Å². The second-order valence-corrected chi connectivity index (χ2v) is 3.34. The van der Waals surface area contributed by atoms with Crippen molar-refractivity contribution >= 4 is 18.4 Å². The van der Waals surface area contributed by atoms with Gasteiger partial charge in [0.05, 0.1) is 0 Å². The lowest BCUT2D eigenvalue weighted by molar-refractivity contribution is 0.187. The predicted octanol–water partition coefficient (Wildman–Crippen LogP) is 0.431. The third-order valence-corrected chi connectivity index (χ3v) is 1.82. The third-order valence-electron chi connectivity index (χ3n) is 1.82. The number of piperazine rings is 1. The van der Waals surface area contributed by atoms with E-state index in [0.717, 1.165) is 26.2 Å². The fraction of sp³-hybridized carbons (Fsp3) is 0.875. The molecule has 0 aromatic carbocycles. The van der Waals surface area contributed by atoms with Gasteiger partial charge in [0.15, 0.2) is 0 Å². The minimum absolute atomic E-state index is 0. The Morgan fingerprint density at radius 3 is 2.38 bits per heavy atom. The van der Waals surface area contributed by atoms with Crippen molar-refractivity contribution in [3.05, 3.63) is 0 Å². The Kier molecular flexibility index (Phi) is 5.82. The zero-order chi connectivity index (χ0) is 8.97. The molecule has 1 heterocycles. The monoisotopic (exact) mass is 207 g/mol. The summed E-state index contributed by atoms with van der Waals surface area (Å²) in [6.07, 6.45) is 0. The van der Waals surface area contributed by atoms with E-state index in [-0.39, 0.29) is 24.5 Å². The maximum Gasteiger partial charge on any atom is 0.317 e. The normalized spacial score (nSPS) is 16.7. The van der Waals surface area contributed by atoms with Crippen LogP contribution in [0.4, 0.5) is 4.79 Å². The molecule has 5 heteroatoms. The van der Waals surface area contributed by atoms with Gasteiger partial charge in [-0.05, 0) is 13.8 Å². The van der Waals surface area contributed by atoms with Crippen LogP contribution in [-0.2, 0) is 0 Å². The lowest BCUT2D eigenvalue weighted by Gasteiger charge is -2.28. The number of hydrogen-bond donors (Lipinski definition) is 2. The first kappa shape index (κ1) is 12.5. The minimum Gasteiger partial charge on any atom is -0.336 e. The molecule has 0 aromatic heterocycles. The van der Waals surface area contributed by atoms with E-state index in [1.807, 2.05) is 18.7 Å². The van der Waals surface area contributed by atoms with Gasteiger partial charge in [-0.3, -0.25) is 0 Å². The highest BCUT2D eigenvalue weighted by atomic mass is 35.5. The number of halogens is 1. The van der Waals surface area contributed by atoms with Crippen LogP contribution in [-0.4, -0.2) is 43.2 Å². The average Bonchev–Trinajstić information content (AvgIpc) is 2.05. The summed E-state index contributed by atoms with van der Waals surface area (Å²) >= 11 is 0. The highest BCUT2D eigenvalue weighted by Gasteiger charge is 2.15. The van der Waals surface area contributed by atoms with Crippen LogP contribution >= 0.6 is 12.4 Å². The largest absolute Gasteiger partial charge is 0.336 e. The van der Waals surface area contributed by atoms with E-state index < -0.39 is 0 Å². The van der Waals surface area contributed by atoms with E-state index in [9.17, 15) is 4.79 Å². The Hall–Kier alpha value is -0.480. The number of nitrogens with one attached hydrogen (secondary N) is 2. The molecule has 0 aliphatic carbocycles. The second-order valence-electron chi connectivity index (χ2n) is 3.34. The number of nitrogens with zero attached hydrogens (tertiary/aromatic N) is 1. The number of carbonyl (C=O) groups is 1. The lowest BCUT2D eigenvalue weighted by atomic mass is 10.3. The standard InChI is InChI=1S/C8H17N3O.ClH/c1-7(2)10-8(12)11-5-3-9-4-6-11;/h7,9H,3-6H2,1-2H3,(H,10,12);1H. The molecular formula is C8H18ClN3O. The van der Waals surface area contributed by atoms with Crippen LogP contribution < -0.4 is 10.6 Å². The quantitative estimate of drug-likeness (QED) is 0.655. The Morgan fingerprint density at radius 1 is 1.38 bits per heavy atom. The van der Waals surface area contributed by atoms with Gasteiger partial charge in [-0.1, -0.05) is 0 Å². The van der Waals surface area contributed by atoms with Crippen LogP contribution in [0.2, 0.25) is 0 Å². The van der Waals surface area contributed by atoms with Crippen molar-refractivity contribution in [2.75, 3.05) is 26.2 Å². The van der Waals surface area contributed by atoms with Crippen molar-refractivity contribution in [3.63, 3.8) is 0 Å². The molecule has 0 radical (unpaired) electrons. The van der Waals surface area contributed by atoms with Crippen LogP contribution in [0.15, 0.2) is 0 Å².